The topological polar surface area (TPSA) is 76.8 Å². The van der Waals surface area contributed by atoms with E-state index in [9.17, 15) is 4.79 Å². The molecule has 7 nitrogen and oxygen atoms in total. The van der Waals surface area contributed by atoms with Crippen LogP contribution in [0.4, 0.5) is 5.82 Å². The number of rotatable bonds is 2. The number of carbonyl (C=O) groups excluding carboxylic acids is 1. The van der Waals surface area contributed by atoms with Gasteiger partial charge in [-0.1, -0.05) is 0 Å². The fourth-order valence-electron chi connectivity index (χ4n) is 2.96. The lowest BCUT2D eigenvalue weighted by Crippen LogP contribution is -2.24. The third-order valence-corrected chi connectivity index (χ3v) is 4.13. The fourth-order valence-corrected chi connectivity index (χ4v) is 2.96. The molecule has 0 radical (unpaired) electrons. The minimum absolute atomic E-state index is 0.105. The molecule has 1 saturated heterocycles. The molecule has 1 amide bonds. The molecule has 116 valence electrons. The molecule has 0 aromatic carbocycles. The van der Waals surface area contributed by atoms with Crippen LogP contribution in [0.1, 0.15) is 18.5 Å². The van der Waals surface area contributed by atoms with Gasteiger partial charge >= 0.3 is 0 Å². The number of fused-ring (bicyclic) bond motifs is 1. The number of nitrogens with zero attached hydrogens (tertiary/aromatic N) is 6. The molecule has 1 aliphatic heterocycles. The number of anilines is 1. The van der Waals surface area contributed by atoms with Crippen molar-refractivity contribution >= 4 is 22.8 Å². The summed E-state index contributed by atoms with van der Waals surface area (Å²) in [5.74, 6) is 0.709. The smallest absolute Gasteiger partial charge is 0.228 e. The molecule has 0 N–H and O–H groups in total. The molecule has 0 spiro atoms. The lowest BCUT2D eigenvalue weighted by atomic mass is 10.1. The second-order valence-corrected chi connectivity index (χ2v) is 5.72. The van der Waals surface area contributed by atoms with Crippen LogP contribution < -0.4 is 4.90 Å². The van der Waals surface area contributed by atoms with Crippen molar-refractivity contribution in [3.8, 4) is 11.3 Å². The number of amides is 1. The summed E-state index contributed by atoms with van der Waals surface area (Å²) in [6.07, 6.45) is 6.54. The minimum atomic E-state index is 0.105. The van der Waals surface area contributed by atoms with Gasteiger partial charge in [-0.3, -0.25) is 19.4 Å². The lowest BCUT2D eigenvalue weighted by Gasteiger charge is -2.14. The molecular weight excluding hydrogens is 292 g/mol. The van der Waals surface area contributed by atoms with Crippen molar-refractivity contribution in [2.24, 2.45) is 7.05 Å². The second-order valence-electron chi connectivity index (χ2n) is 5.72. The summed E-state index contributed by atoms with van der Waals surface area (Å²) in [6, 6.07) is 2.02. The number of aryl methyl sites for hydroxylation is 2. The molecule has 1 aliphatic rings. The summed E-state index contributed by atoms with van der Waals surface area (Å²) in [6.45, 7) is 2.66. The summed E-state index contributed by atoms with van der Waals surface area (Å²) < 4.78 is 1.76. The van der Waals surface area contributed by atoms with Gasteiger partial charge in [-0.25, -0.2) is 9.97 Å². The number of hydrogen-bond acceptors (Lipinski definition) is 5. The summed E-state index contributed by atoms with van der Waals surface area (Å²) in [5, 5.41) is 5.38. The Kier molecular flexibility index (Phi) is 3.07. The first kappa shape index (κ1) is 13.8. The van der Waals surface area contributed by atoms with Gasteiger partial charge in [-0.15, -0.1) is 0 Å². The van der Waals surface area contributed by atoms with Crippen molar-refractivity contribution in [1.82, 2.24) is 24.7 Å². The Labute approximate surface area is 133 Å². The number of carbonyl (C=O) groups is 1. The van der Waals surface area contributed by atoms with Gasteiger partial charge in [0, 0.05) is 37.2 Å². The molecule has 3 aromatic rings. The van der Waals surface area contributed by atoms with Crippen LogP contribution in [0.3, 0.4) is 0 Å². The highest BCUT2D eigenvalue weighted by Crippen LogP contribution is 2.25. The summed E-state index contributed by atoms with van der Waals surface area (Å²) in [7, 11) is 1.88. The standard InChI is InChI=1S/C16H16N6O/c1-10-12-6-11(7-18-16(12)21(2)20-10)13-8-17-9-14(19-13)22-5-3-4-15(22)23/h6-9H,3-5H2,1-2H3. The van der Waals surface area contributed by atoms with Crippen LogP contribution >= 0.6 is 0 Å². The van der Waals surface area contributed by atoms with Gasteiger partial charge in [-0.2, -0.15) is 5.10 Å². The third-order valence-electron chi connectivity index (χ3n) is 4.13. The van der Waals surface area contributed by atoms with Crippen LogP contribution in [0.25, 0.3) is 22.3 Å². The molecule has 0 aliphatic carbocycles. The van der Waals surface area contributed by atoms with Crippen LogP contribution in [-0.2, 0) is 11.8 Å². The Morgan fingerprint density at radius 2 is 2.09 bits per heavy atom. The van der Waals surface area contributed by atoms with Crippen LogP contribution in [-0.4, -0.2) is 37.2 Å². The predicted octanol–water partition coefficient (Wildman–Crippen LogP) is 1.86. The maximum absolute atomic E-state index is 11.9. The molecule has 4 rings (SSSR count). The quantitative estimate of drug-likeness (QED) is 0.722. The average molecular weight is 308 g/mol. The minimum Gasteiger partial charge on any atom is -0.296 e. The van der Waals surface area contributed by atoms with Crippen LogP contribution in [0.5, 0.6) is 0 Å². The summed E-state index contributed by atoms with van der Waals surface area (Å²) in [5.41, 5.74) is 3.34. The van der Waals surface area contributed by atoms with E-state index in [1.54, 1.807) is 28.2 Å². The zero-order valence-corrected chi connectivity index (χ0v) is 13.0. The van der Waals surface area contributed by atoms with Crippen LogP contribution in [0.15, 0.2) is 24.7 Å². The van der Waals surface area contributed by atoms with E-state index < -0.39 is 0 Å². The SMILES string of the molecule is Cc1nn(C)c2ncc(-c3cncc(N4CCCC4=O)n3)cc12. The Morgan fingerprint density at radius 1 is 1.22 bits per heavy atom. The van der Waals surface area contributed by atoms with Gasteiger partial charge in [0.15, 0.2) is 11.5 Å². The Bertz CT molecular complexity index is 916. The lowest BCUT2D eigenvalue weighted by molar-refractivity contribution is -0.117. The van der Waals surface area contributed by atoms with Crippen molar-refractivity contribution in [1.29, 1.82) is 0 Å². The fraction of sp³-hybridized carbons (Fsp3) is 0.312. The zero-order valence-electron chi connectivity index (χ0n) is 13.0. The first-order chi connectivity index (χ1) is 11.1. The summed E-state index contributed by atoms with van der Waals surface area (Å²) in [4.78, 5) is 26.9. The van der Waals surface area contributed by atoms with Crippen molar-refractivity contribution in [3.05, 3.63) is 30.4 Å². The van der Waals surface area contributed by atoms with E-state index in [2.05, 4.69) is 20.1 Å². The molecule has 0 unspecified atom stereocenters. The normalized spacial score (nSPS) is 14.9. The van der Waals surface area contributed by atoms with Gasteiger partial charge in [0.1, 0.15) is 0 Å². The Balaban J connectivity index is 1.78. The largest absolute Gasteiger partial charge is 0.296 e. The number of hydrogen-bond donors (Lipinski definition) is 0. The van der Waals surface area contributed by atoms with Gasteiger partial charge in [-0.05, 0) is 19.4 Å². The molecule has 23 heavy (non-hydrogen) atoms. The molecule has 0 saturated carbocycles. The maximum atomic E-state index is 11.9. The van der Waals surface area contributed by atoms with Gasteiger partial charge < -0.3 is 0 Å². The third kappa shape index (κ3) is 2.25. The van der Waals surface area contributed by atoms with Crippen molar-refractivity contribution in [2.75, 3.05) is 11.4 Å². The number of aromatic nitrogens is 5. The maximum Gasteiger partial charge on any atom is 0.228 e. The molecular formula is C16H16N6O. The highest BCUT2D eigenvalue weighted by atomic mass is 16.2. The van der Waals surface area contributed by atoms with E-state index in [0.29, 0.717) is 24.5 Å². The molecule has 7 heteroatoms. The van der Waals surface area contributed by atoms with E-state index in [1.807, 2.05) is 20.0 Å². The van der Waals surface area contributed by atoms with Gasteiger partial charge in [0.05, 0.1) is 23.8 Å². The van der Waals surface area contributed by atoms with E-state index in [-0.39, 0.29) is 5.91 Å². The van der Waals surface area contributed by atoms with Crippen molar-refractivity contribution in [3.63, 3.8) is 0 Å². The Hall–Kier alpha value is -2.83. The van der Waals surface area contributed by atoms with Crippen molar-refractivity contribution < 1.29 is 4.79 Å². The highest BCUT2D eigenvalue weighted by molar-refractivity contribution is 5.94. The molecule has 3 aromatic heterocycles. The monoisotopic (exact) mass is 308 g/mol. The van der Waals surface area contributed by atoms with Gasteiger partial charge in [0.2, 0.25) is 5.91 Å². The molecule has 1 fully saturated rings. The number of pyridine rings is 1. The highest BCUT2D eigenvalue weighted by Gasteiger charge is 2.23. The summed E-state index contributed by atoms with van der Waals surface area (Å²) >= 11 is 0. The van der Waals surface area contributed by atoms with E-state index in [1.165, 1.54) is 0 Å². The van der Waals surface area contributed by atoms with E-state index in [0.717, 1.165) is 28.7 Å². The Morgan fingerprint density at radius 3 is 2.87 bits per heavy atom. The molecule has 0 atom stereocenters. The molecule has 0 bridgehead atoms. The van der Waals surface area contributed by atoms with E-state index >= 15 is 0 Å². The van der Waals surface area contributed by atoms with Gasteiger partial charge in [0.25, 0.3) is 0 Å². The van der Waals surface area contributed by atoms with Crippen LogP contribution in [0, 0.1) is 6.92 Å². The predicted molar refractivity (Wildman–Crippen MR) is 85.9 cm³/mol. The first-order valence-corrected chi connectivity index (χ1v) is 7.55. The first-order valence-electron chi connectivity index (χ1n) is 7.55. The van der Waals surface area contributed by atoms with Crippen molar-refractivity contribution in [2.45, 2.75) is 19.8 Å². The van der Waals surface area contributed by atoms with Crippen LogP contribution in [0.2, 0.25) is 0 Å². The van der Waals surface area contributed by atoms with E-state index in [4.69, 9.17) is 0 Å². The zero-order chi connectivity index (χ0) is 16.0. The average Bonchev–Trinajstić information content (AvgIpc) is 3.11. The second kappa shape index (κ2) is 5.12. The molecule has 4 heterocycles.